The Morgan fingerprint density at radius 3 is 1.97 bits per heavy atom. The minimum atomic E-state index is -3.83. The molecule has 29 heavy (non-hydrogen) atoms. The molecular weight excluding hydrogens is 384 g/mol. The van der Waals surface area contributed by atoms with Gasteiger partial charge in [0.2, 0.25) is 15.9 Å². The maximum atomic E-state index is 13.2. The number of nitrogens with one attached hydrogen (secondary N) is 1. The molecule has 0 aliphatic rings. The summed E-state index contributed by atoms with van der Waals surface area (Å²) in [6.07, 6.45) is 0. The molecule has 0 aliphatic carbocycles. The van der Waals surface area contributed by atoms with Gasteiger partial charge in [0.25, 0.3) is 0 Å². The van der Waals surface area contributed by atoms with Gasteiger partial charge in [-0.1, -0.05) is 65.7 Å². The highest BCUT2D eigenvalue weighted by Crippen LogP contribution is 2.19. The lowest BCUT2D eigenvalue weighted by Crippen LogP contribution is -2.37. The minimum Gasteiger partial charge on any atom is -0.325 e. The van der Waals surface area contributed by atoms with Crippen LogP contribution >= 0.6 is 0 Å². The third-order valence-electron chi connectivity index (χ3n) is 4.52. The minimum absolute atomic E-state index is 0.110. The predicted octanol–water partition coefficient (Wildman–Crippen LogP) is 4.13. The second-order valence-corrected chi connectivity index (χ2v) is 8.92. The summed E-state index contributed by atoms with van der Waals surface area (Å²) >= 11 is 0. The van der Waals surface area contributed by atoms with E-state index in [1.165, 1.54) is 16.4 Å². The molecule has 0 saturated carbocycles. The molecule has 0 atom stereocenters. The molecule has 1 N–H and O–H groups in total. The molecule has 0 saturated heterocycles. The van der Waals surface area contributed by atoms with Crippen molar-refractivity contribution in [2.45, 2.75) is 25.3 Å². The standard InChI is InChI=1S/C23H24N2O3S/c1-18-8-12-20(13-9-18)16-25(29(27,28)22-6-4-3-5-7-22)17-23(26)24-21-14-10-19(2)11-15-21/h3-15H,16-17H2,1-2H3,(H,24,26). The number of rotatable bonds is 7. The Bertz CT molecular complexity index is 1060. The lowest BCUT2D eigenvalue weighted by molar-refractivity contribution is -0.116. The normalized spacial score (nSPS) is 11.4. The average Bonchev–Trinajstić information content (AvgIpc) is 2.71. The Balaban J connectivity index is 1.84. The van der Waals surface area contributed by atoms with Gasteiger partial charge in [-0.3, -0.25) is 4.79 Å². The summed E-state index contributed by atoms with van der Waals surface area (Å²) in [6.45, 7) is 3.76. The summed E-state index contributed by atoms with van der Waals surface area (Å²) < 4.78 is 27.6. The summed E-state index contributed by atoms with van der Waals surface area (Å²) in [6, 6.07) is 23.1. The summed E-state index contributed by atoms with van der Waals surface area (Å²) in [7, 11) is -3.83. The van der Waals surface area contributed by atoms with Crippen molar-refractivity contribution in [1.29, 1.82) is 0 Å². The highest BCUT2D eigenvalue weighted by Gasteiger charge is 2.26. The number of nitrogens with zero attached hydrogens (tertiary/aromatic N) is 1. The first-order chi connectivity index (χ1) is 13.8. The van der Waals surface area contributed by atoms with Crippen LogP contribution < -0.4 is 5.32 Å². The Morgan fingerprint density at radius 2 is 1.38 bits per heavy atom. The van der Waals surface area contributed by atoms with Gasteiger partial charge >= 0.3 is 0 Å². The van der Waals surface area contributed by atoms with Gasteiger partial charge in [-0.05, 0) is 43.7 Å². The molecule has 0 aromatic heterocycles. The third kappa shape index (κ3) is 5.53. The highest BCUT2D eigenvalue weighted by molar-refractivity contribution is 7.89. The summed E-state index contributed by atoms with van der Waals surface area (Å²) in [4.78, 5) is 12.8. The van der Waals surface area contributed by atoms with Gasteiger partial charge < -0.3 is 5.32 Å². The van der Waals surface area contributed by atoms with Crippen LogP contribution in [0.1, 0.15) is 16.7 Å². The Labute approximate surface area is 172 Å². The molecule has 0 fully saturated rings. The van der Waals surface area contributed by atoms with Gasteiger partial charge in [-0.15, -0.1) is 0 Å². The molecule has 0 radical (unpaired) electrons. The summed E-state index contributed by atoms with van der Waals surface area (Å²) in [5.41, 5.74) is 3.62. The molecular formula is C23H24N2O3S. The summed E-state index contributed by atoms with van der Waals surface area (Å²) in [5, 5.41) is 2.77. The molecule has 150 valence electrons. The van der Waals surface area contributed by atoms with E-state index in [-0.39, 0.29) is 23.9 Å². The Morgan fingerprint density at radius 1 is 0.828 bits per heavy atom. The number of benzene rings is 3. The number of amides is 1. The van der Waals surface area contributed by atoms with Crippen molar-refractivity contribution in [2.75, 3.05) is 11.9 Å². The zero-order valence-corrected chi connectivity index (χ0v) is 17.3. The van der Waals surface area contributed by atoms with E-state index in [2.05, 4.69) is 5.32 Å². The van der Waals surface area contributed by atoms with E-state index in [9.17, 15) is 13.2 Å². The zero-order valence-electron chi connectivity index (χ0n) is 16.5. The molecule has 3 aromatic carbocycles. The number of carbonyl (C=O) groups excluding carboxylic acids is 1. The molecule has 0 aliphatic heterocycles. The second kappa shape index (κ2) is 9.03. The number of carbonyl (C=O) groups is 1. The van der Waals surface area contributed by atoms with Crippen LogP contribution in [0.25, 0.3) is 0 Å². The van der Waals surface area contributed by atoms with E-state index in [1.807, 2.05) is 50.2 Å². The monoisotopic (exact) mass is 408 g/mol. The van der Waals surface area contributed by atoms with Crippen molar-refractivity contribution < 1.29 is 13.2 Å². The molecule has 5 nitrogen and oxygen atoms in total. The average molecular weight is 409 g/mol. The van der Waals surface area contributed by atoms with Crippen molar-refractivity contribution in [2.24, 2.45) is 0 Å². The first-order valence-corrected chi connectivity index (χ1v) is 10.8. The van der Waals surface area contributed by atoms with E-state index < -0.39 is 10.0 Å². The van der Waals surface area contributed by atoms with Crippen molar-refractivity contribution in [3.05, 3.63) is 95.6 Å². The van der Waals surface area contributed by atoms with Crippen LogP contribution in [0.15, 0.2) is 83.8 Å². The molecule has 0 spiro atoms. The van der Waals surface area contributed by atoms with Crippen LogP contribution in [0.5, 0.6) is 0 Å². The zero-order chi connectivity index (χ0) is 20.9. The first kappa shape index (κ1) is 20.8. The number of sulfonamides is 1. The quantitative estimate of drug-likeness (QED) is 0.639. The smallest absolute Gasteiger partial charge is 0.243 e. The van der Waals surface area contributed by atoms with Crippen molar-refractivity contribution in [3.8, 4) is 0 Å². The summed E-state index contributed by atoms with van der Waals surface area (Å²) in [5.74, 6) is -0.388. The third-order valence-corrected chi connectivity index (χ3v) is 6.32. The lowest BCUT2D eigenvalue weighted by atomic mass is 10.1. The van der Waals surface area contributed by atoms with Gasteiger partial charge in [-0.2, -0.15) is 4.31 Å². The molecule has 1 amide bonds. The van der Waals surface area contributed by atoms with Crippen LogP contribution in [-0.2, 0) is 21.4 Å². The number of hydrogen-bond acceptors (Lipinski definition) is 3. The first-order valence-electron chi connectivity index (χ1n) is 9.32. The van der Waals surface area contributed by atoms with E-state index in [0.717, 1.165) is 16.7 Å². The molecule has 0 unspecified atom stereocenters. The molecule has 3 rings (SSSR count). The van der Waals surface area contributed by atoms with Crippen LogP contribution in [0, 0.1) is 13.8 Å². The van der Waals surface area contributed by atoms with E-state index >= 15 is 0 Å². The second-order valence-electron chi connectivity index (χ2n) is 6.99. The number of aryl methyl sites for hydroxylation is 2. The van der Waals surface area contributed by atoms with Crippen molar-refractivity contribution in [1.82, 2.24) is 4.31 Å². The van der Waals surface area contributed by atoms with Gasteiger partial charge in [0.05, 0.1) is 11.4 Å². The number of hydrogen-bond donors (Lipinski definition) is 1. The van der Waals surface area contributed by atoms with Gasteiger partial charge in [0, 0.05) is 12.2 Å². The van der Waals surface area contributed by atoms with E-state index in [0.29, 0.717) is 5.69 Å². The van der Waals surface area contributed by atoms with Crippen molar-refractivity contribution >= 4 is 21.6 Å². The molecule has 3 aromatic rings. The molecule has 0 heterocycles. The number of anilines is 1. The van der Waals surface area contributed by atoms with Crippen molar-refractivity contribution in [3.63, 3.8) is 0 Å². The maximum Gasteiger partial charge on any atom is 0.243 e. The van der Waals surface area contributed by atoms with E-state index in [4.69, 9.17) is 0 Å². The van der Waals surface area contributed by atoms with Crippen LogP contribution in [0.4, 0.5) is 5.69 Å². The van der Waals surface area contributed by atoms with Gasteiger partial charge in [0.15, 0.2) is 0 Å². The van der Waals surface area contributed by atoms with Gasteiger partial charge in [0.1, 0.15) is 0 Å². The van der Waals surface area contributed by atoms with Crippen LogP contribution in [0.2, 0.25) is 0 Å². The SMILES string of the molecule is Cc1ccc(CN(CC(=O)Nc2ccc(C)cc2)S(=O)(=O)c2ccccc2)cc1. The topological polar surface area (TPSA) is 66.5 Å². The molecule has 6 heteroatoms. The van der Waals surface area contributed by atoms with Crippen LogP contribution in [0.3, 0.4) is 0 Å². The largest absolute Gasteiger partial charge is 0.325 e. The Hall–Kier alpha value is -2.96. The highest BCUT2D eigenvalue weighted by atomic mass is 32.2. The lowest BCUT2D eigenvalue weighted by Gasteiger charge is -2.22. The predicted molar refractivity (Wildman–Crippen MR) is 115 cm³/mol. The van der Waals surface area contributed by atoms with E-state index in [1.54, 1.807) is 30.3 Å². The molecule has 0 bridgehead atoms. The van der Waals surface area contributed by atoms with Crippen LogP contribution in [-0.4, -0.2) is 25.2 Å². The fourth-order valence-corrected chi connectivity index (χ4v) is 4.27. The fraction of sp³-hybridized carbons (Fsp3) is 0.174. The Kier molecular flexibility index (Phi) is 6.46. The van der Waals surface area contributed by atoms with Gasteiger partial charge in [-0.25, -0.2) is 8.42 Å². The maximum absolute atomic E-state index is 13.2. The fourth-order valence-electron chi connectivity index (χ4n) is 2.86.